The molecule has 7 heteroatoms. The highest BCUT2D eigenvalue weighted by atomic mass is 35.5. The van der Waals surface area contributed by atoms with E-state index >= 15 is 0 Å². The van der Waals surface area contributed by atoms with Crippen LogP contribution in [0.2, 0.25) is 10.0 Å². The molecule has 5 nitrogen and oxygen atoms in total. The van der Waals surface area contributed by atoms with Gasteiger partial charge >= 0.3 is 5.97 Å². The van der Waals surface area contributed by atoms with Gasteiger partial charge in [-0.25, -0.2) is 0 Å². The SMILES string of the molecule is COc1ccc2nccc(CCCC3CCN(CC#Cc4ccc(Cl)cc4Cl)CC3CCC(=O)O)c2c1. The predicted molar refractivity (Wildman–Crippen MR) is 149 cm³/mol. The van der Waals surface area contributed by atoms with Crippen molar-refractivity contribution in [3.8, 4) is 17.6 Å². The van der Waals surface area contributed by atoms with Gasteiger partial charge in [0.05, 0.1) is 24.2 Å². The molecule has 1 N–H and O–H groups in total. The first-order valence-corrected chi connectivity index (χ1v) is 13.5. The van der Waals surface area contributed by atoms with Crippen LogP contribution in [0.3, 0.4) is 0 Å². The largest absolute Gasteiger partial charge is 0.497 e. The number of aryl methyl sites for hydroxylation is 1. The molecule has 2 heterocycles. The number of hydrogen-bond donors (Lipinski definition) is 1. The maximum atomic E-state index is 11.3. The topological polar surface area (TPSA) is 62.7 Å². The quantitative estimate of drug-likeness (QED) is 0.306. The third-order valence-corrected chi connectivity index (χ3v) is 7.77. The number of halogens is 2. The molecular weight excluding hydrogens is 507 g/mol. The maximum absolute atomic E-state index is 11.3. The molecule has 2 unspecified atom stereocenters. The number of methoxy groups -OCH3 is 1. The van der Waals surface area contributed by atoms with Gasteiger partial charge in [-0.3, -0.25) is 14.7 Å². The molecule has 2 atom stereocenters. The fourth-order valence-corrected chi connectivity index (χ4v) is 5.69. The van der Waals surface area contributed by atoms with E-state index in [-0.39, 0.29) is 6.42 Å². The first-order chi connectivity index (χ1) is 17.9. The van der Waals surface area contributed by atoms with E-state index in [1.807, 2.05) is 24.4 Å². The van der Waals surface area contributed by atoms with Gasteiger partial charge in [-0.2, -0.15) is 0 Å². The van der Waals surface area contributed by atoms with Gasteiger partial charge in [0.25, 0.3) is 0 Å². The van der Waals surface area contributed by atoms with Crippen LogP contribution in [0.5, 0.6) is 5.75 Å². The Labute approximate surface area is 228 Å². The highest BCUT2D eigenvalue weighted by Crippen LogP contribution is 2.32. The molecule has 0 spiro atoms. The number of carboxylic acids is 1. The Bertz CT molecular complexity index is 1300. The number of aliphatic carboxylic acids is 1. The van der Waals surface area contributed by atoms with Crippen molar-refractivity contribution in [2.45, 2.75) is 38.5 Å². The first-order valence-electron chi connectivity index (χ1n) is 12.7. The lowest BCUT2D eigenvalue weighted by Gasteiger charge is -2.38. The molecule has 1 saturated heterocycles. The van der Waals surface area contributed by atoms with Crippen LogP contribution in [0.1, 0.15) is 43.2 Å². The fourth-order valence-electron chi connectivity index (χ4n) is 5.23. The molecule has 37 heavy (non-hydrogen) atoms. The Morgan fingerprint density at radius 2 is 2.03 bits per heavy atom. The summed E-state index contributed by atoms with van der Waals surface area (Å²) in [4.78, 5) is 18.1. The lowest BCUT2D eigenvalue weighted by molar-refractivity contribution is -0.137. The van der Waals surface area contributed by atoms with Gasteiger partial charge in [0.2, 0.25) is 0 Å². The molecular formula is C30H32Cl2N2O3. The Morgan fingerprint density at radius 3 is 2.81 bits per heavy atom. The summed E-state index contributed by atoms with van der Waals surface area (Å²) in [7, 11) is 1.68. The standard InChI is InChI=1S/C30H32Cl2N2O3/c1-37-26-10-11-29-27(19-26)22(13-15-33-29)5-2-4-21-14-17-34(20-24(21)8-12-30(35)36)16-3-6-23-7-9-25(31)18-28(23)32/h7,9-11,13,15,18-19,21,24H,2,4-5,8,12,14,16-17,20H2,1H3,(H,35,36). The molecule has 1 aliphatic heterocycles. The third-order valence-electron chi connectivity index (χ3n) is 7.22. The smallest absolute Gasteiger partial charge is 0.303 e. The van der Waals surface area contributed by atoms with Crippen LogP contribution in [0, 0.1) is 23.7 Å². The number of likely N-dealkylation sites (tertiary alicyclic amines) is 1. The van der Waals surface area contributed by atoms with Crippen molar-refractivity contribution in [3.63, 3.8) is 0 Å². The monoisotopic (exact) mass is 538 g/mol. The average molecular weight is 540 g/mol. The number of nitrogens with zero attached hydrogens (tertiary/aromatic N) is 2. The zero-order chi connectivity index (χ0) is 26.2. The van der Waals surface area contributed by atoms with Crippen molar-refractivity contribution < 1.29 is 14.6 Å². The summed E-state index contributed by atoms with van der Waals surface area (Å²) in [5.74, 6) is 7.35. The maximum Gasteiger partial charge on any atom is 0.303 e. The minimum absolute atomic E-state index is 0.204. The summed E-state index contributed by atoms with van der Waals surface area (Å²) in [6, 6.07) is 13.4. The lowest BCUT2D eigenvalue weighted by Crippen LogP contribution is -2.41. The number of carbonyl (C=O) groups is 1. The summed E-state index contributed by atoms with van der Waals surface area (Å²) >= 11 is 12.2. The minimum Gasteiger partial charge on any atom is -0.497 e. The molecule has 1 fully saturated rings. The molecule has 2 aromatic carbocycles. The Morgan fingerprint density at radius 1 is 1.16 bits per heavy atom. The summed E-state index contributed by atoms with van der Waals surface area (Å²) < 4.78 is 5.41. The number of piperidine rings is 1. The number of fused-ring (bicyclic) bond motifs is 1. The summed E-state index contributed by atoms with van der Waals surface area (Å²) in [5, 5.41) is 11.6. The average Bonchev–Trinajstić information content (AvgIpc) is 2.89. The van der Waals surface area contributed by atoms with Crippen molar-refractivity contribution in [2.75, 3.05) is 26.7 Å². The Kier molecular flexibility index (Phi) is 9.68. The number of carboxylic acid groups (broad SMARTS) is 1. The van der Waals surface area contributed by atoms with Crippen LogP contribution in [0.25, 0.3) is 10.9 Å². The molecule has 0 saturated carbocycles. The second kappa shape index (κ2) is 13.1. The number of aromatic nitrogens is 1. The number of pyridine rings is 1. The van der Waals surface area contributed by atoms with Crippen LogP contribution in [0.4, 0.5) is 0 Å². The predicted octanol–water partition coefficient (Wildman–Crippen LogP) is 6.73. The molecule has 1 aliphatic rings. The van der Waals surface area contributed by atoms with Crippen LogP contribution in [-0.4, -0.2) is 47.7 Å². The summed E-state index contributed by atoms with van der Waals surface area (Å²) in [5.41, 5.74) is 3.02. The van der Waals surface area contributed by atoms with Crippen molar-refractivity contribution in [1.29, 1.82) is 0 Å². The van der Waals surface area contributed by atoms with Gasteiger partial charge < -0.3 is 9.84 Å². The normalized spacial score (nSPS) is 17.8. The van der Waals surface area contributed by atoms with E-state index in [9.17, 15) is 9.90 Å². The molecule has 0 amide bonds. The molecule has 194 valence electrons. The lowest BCUT2D eigenvalue weighted by atomic mass is 9.79. The number of ether oxygens (including phenoxy) is 1. The van der Waals surface area contributed by atoms with E-state index in [4.69, 9.17) is 27.9 Å². The van der Waals surface area contributed by atoms with Crippen molar-refractivity contribution in [1.82, 2.24) is 9.88 Å². The Balaban J connectivity index is 1.36. The first kappa shape index (κ1) is 27.3. The van der Waals surface area contributed by atoms with E-state index < -0.39 is 5.97 Å². The van der Waals surface area contributed by atoms with Crippen LogP contribution < -0.4 is 4.74 Å². The van der Waals surface area contributed by atoms with Gasteiger partial charge in [0.1, 0.15) is 5.75 Å². The second-order valence-electron chi connectivity index (χ2n) is 9.65. The van der Waals surface area contributed by atoms with Gasteiger partial charge in [0, 0.05) is 35.1 Å². The van der Waals surface area contributed by atoms with Gasteiger partial charge in [-0.15, -0.1) is 0 Å². The summed E-state index contributed by atoms with van der Waals surface area (Å²) in [6.07, 6.45) is 6.93. The molecule has 0 radical (unpaired) electrons. The zero-order valence-corrected chi connectivity index (χ0v) is 22.6. The molecule has 1 aromatic heterocycles. The van der Waals surface area contributed by atoms with E-state index in [1.54, 1.807) is 19.2 Å². The Hall–Kier alpha value is -2.78. The number of rotatable bonds is 9. The van der Waals surface area contributed by atoms with Crippen molar-refractivity contribution >= 4 is 40.1 Å². The molecule has 4 rings (SSSR count). The fraction of sp³-hybridized carbons (Fsp3) is 0.400. The molecule has 0 bridgehead atoms. The van der Waals surface area contributed by atoms with Gasteiger partial charge in [0.15, 0.2) is 0 Å². The highest BCUT2D eigenvalue weighted by molar-refractivity contribution is 6.35. The van der Waals surface area contributed by atoms with Crippen LogP contribution in [0.15, 0.2) is 48.7 Å². The minimum atomic E-state index is -0.731. The van der Waals surface area contributed by atoms with Gasteiger partial charge in [-0.1, -0.05) is 35.0 Å². The van der Waals surface area contributed by atoms with E-state index in [0.717, 1.165) is 61.0 Å². The van der Waals surface area contributed by atoms with E-state index in [2.05, 4.69) is 33.9 Å². The zero-order valence-electron chi connectivity index (χ0n) is 21.1. The van der Waals surface area contributed by atoms with Crippen LogP contribution in [-0.2, 0) is 11.2 Å². The number of hydrogen-bond acceptors (Lipinski definition) is 4. The highest BCUT2D eigenvalue weighted by Gasteiger charge is 2.29. The summed E-state index contributed by atoms with van der Waals surface area (Å²) in [6.45, 7) is 2.48. The number of benzene rings is 2. The van der Waals surface area contributed by atoms with Crippen LogP contribution >= 0.6 is 23.2 Å². The van der Waals surface area contributed by atoms with Crippen molar-refractivity contribution in [3.05, 3.63) is 69.8 Å². The van der Waals surface area contributed by atoms with E-state index in [0.29, 0.717) is 34.8 Å². The van der Waals surface area contributed by atoms with Crippen molar-refractivity contribution in [2.24, 2.45) is 11.8 Å². The molecule has 0 aliphatic carbocycles. The van der Waals surface area contributed by atoms with E-state index in [1.165, 1.54) is 5.56 Å². The van der Waals surface area contributed by atoms with Gasteiger partial charge in [-0.05, 0) is 98.5 Å². The second-order valence-corrected chi connectivity index (χ2v) is 10.5. The third kappa shape index (κ3) is 7.61. The molecule has 3 aromatic rings.